The lowest BCUT2D eigenvalue weighted by atomic mass is 10.0. The van der Waals surface area contributed by atoms with Crippen LogP contribution in [0.4, 0.5) is 5.82 Å². The highest BCUT2D eigenvalue weighted by molar-refractivity contribution is 8.00. The number of aromatic nitrogens is 4. The van der Waals surface area contributed by atoms with Gasteiger partial charge >= 0.3 is 0 Å². The Morgan fingerprint density at radius 2 is 2.04 bits per heavy atom. The summed E-state index contributed by atoms with van der Waals surface area (Å²) in [5, 5.41) is 14.5. The third-order valence-corrected chi connectivity index (χ3v) is 5.49. The molecule has 25 heavy (non-hydrogen) atoms. The quantitative estimate of drug-likeness (QED) is 0.754. The van der Waals surface area contributed by atoms with Crippen molar-refractivity contribution < 1.29 is 9.53 Å². The van der Waals surface area contributed by atoms with E-state index in [0.717, 1.165) is 34.0 Å². The third kappa shape index (κ3) is 2.78. The molecule has 2 aromatic heterocycles. The number of fused-ring (bicyclic) bond motifs is 1. The smallest absolute Gasteiger partial charge is 0.235 e. The number of hydrogen-bond acceptors (Lipinski definition) is 5. The lowest BCUT2D eigenvalue weighted by Gasteiger charge is -2.14. The van der Waals surface area contributed by atoms with E-state index in [4.69, 9.17) is 4.74 Å². The Morgan fingerprint density at radius 1 is 1.24 bits per heavy atom. The number of anilines is 1. The molecule has 1 aliphatic rings. The summed E-state index contributed by atoms with van der Waals surface area (Å²) < 4.78 is 6.92. The Balaban J connectivity index is 1.78. The van der Waals surface area contributed by atoms with Crippen LogP contribution >= 0.6 is 11.8 Å². The van der Waals surface area contributed by atoms with E-state index in [9.17, 15) is 4.79 Å². The number of carbonyl (C=O) groups excluding carboxylic acids is 1. The van der Waals surface area contributed by atoms with E-state index < -0.39 is 0 Å². The van der Waals surface area contributed by atoms with Crippen LogP contribution in [-0.2, 0) is 11.8 Å². The summed E-state index contributed by atoms with van der Waals surface area (Å²) >= 11 is 1.57. The molecule has 0 spiro atoms. The summed E-state index contributed by atoms with van der Waals surface area (Å²) in [6.07, 6.45) is 3.63. The Kier molecular flexibility index (Phi) is 3.96. The number of amides is 1. The molecule has 1 atom stereocenters. The van der Waals surface area contributed by atoms with E-state index in [-0.39, 0.29) is 11.2 Å². The van der Waals surface area contributed by atoms with Crippen molar-refractivity contribution >= 4 is 23.5 Å². The first-order valence-electron chi connectivity index (χ1n) is 7.78. The monoisotopic (exact) mass is 355 g/mol. The lowest BCUT2D eigenvalue weighted by molar-refractivity contribution is -0.113. The molecule has 0 fully saturated rings. The normalized spacial score (nSPS) is 16.9. The maximum atomic E-state index is 12.0. The number of carbonyl (C=O) groups is 1. The summed E-state index contributed by atoms with van der Waals surface area (Å²) in [5.41, 5.74) is 3.96. The molecule has 8 heteroatoms. The van der Waals surface area contributed by atoms with Gasteiger partial charge in [0.25, 0.3) is 0 Å². The number of aryl methyl sites for hydroxylation is 1. The minimum absolute atomic E-state index is 0.0214. The first kappa shape index (κ1) is 15.8. The number of methoxy groups -OCH3 is 1. The van der Waals surface area contributed by atoms with E-state index in [0.29, 0.717) is 5.75 Å². The molecule has 0 saturated heterocycles. The molecule has 0 radical (unpaired) electrons. The minimum atomic E-state index is -0.0292. The molecule has 0 saturated carbocycles. The van der Waals surface area contributed by atoms with Crippen molar-refractivity contribution in [3.8, 4) is 17.0 Å². The molecule has 1 aromatic carbocycles. The second-order valence-corrected chi connectivity index (χ2v) is 6.83. The number of thioether (sulfide) groups is 1. The van der Waals surface area contributed by atoms with Gasteiger partial charge in [0.1, 0.15) is 11.6 Å². The van der Waals surface area contributed by atoms with Crippen molar-refractivity contribution in [2.24, 2.45) is 7.05 Å². The molecule has 3 heterocycles. The van der Waals surface area contributed by atoms with Crippen LogP contribution in [0.25, 0.3) is 11.3 Å². The summed E-state index contributed by atoms with van der Waals surface area (Å²) in [5.74, 6) is 1.90. The summed E-state index contributed by atoms with van der Waals surface area (Å²) in [6, 6.07) is 7.82. The van der Waals surface area contributed by atoms with Crippen LogP contribution in [0.15, 0.2) is 36.7 Å². The summed E-state index contributed by atoms with van der Waals surface area (Å²) in [7, 11) is 3.47. The largest absolute Gasteiger partial charge is 0.497 e. The average molecular weight is 355 g/mol. The van der Waals surface area contributed by atoms with Crippen LogP contribution in [0, 0.1) is 0 Å². The van der Waals surface area contributed by atoms with Gasteiger partial charge in [0.15, 0.2) is 0 Å². The number of ether oxygens (including phenoxy) is 1. The fourth-order valence-electron chi connectivity index (χ4n) is 2.96. The number of benzene rings is 1. The first-order chi connectivity index (χ1) is 12.2. The van der Waals surface area contributed by atoms with Crippen molar-refractivity contribution in [3.63, 3.8) is 0 Å². The maximum absolute atomic E-state index is 12.0. The van der Waals surface area contributed by atoms with Crippen molar-refractivity contribution in [3.05, 3.63) is 47.8 Å². The predicted octanol–water partition coefficient (Wildman–Crippen LogP) is 2.59. The minimum Gasteiger partial charge on any atom is -0.497 e. The molecule has 3 aromatic rings. The second kappa shape index (κ2) is 6.29. The van der Waals surface area contributed by atoms with Gasteiger partial charge < -0.3 is 10.1 Å². The molecule has 0 aliphatic carbocycles. The van der Waals surface area contributed by atoms with Crippen LogP contribution in [-0.4, -0.2) is 38.7 Å². The number of hydrogen-bond donors (Lipinski definition) is 2. The highest BCUT2D eigenvalue weighted by Gasteiger charge is 2.29. The van der Waals surface area contributed by atoms with E-state index >= 15 is 0 Å². The van der Waals surface area contributed by atoms with Crippen molar-refractivity contribution in [1.29, 1.82) is 0 Å². The van der Waals surface area contributed by atoms with Gasteiger partial charge in [0, 0.05) is 23.7 Å². The van der Waals surface area contributed by atoms with Gasteiger partial charge in [0.2, 0.25) is 5.91 Å². The molecule has 128 valence electrons. The van der Waals surface area contributed by atoms with E-state index in [1.807, 2.05) is 43.7 Å². The zero-order chi connectivity index (χ0) is 17.4. The predicted molar refractivity (Wildman–Crippen MR) is 96.7 cm³/mol. The number of rotatable bonds is 3. The fourth-order valence-corrected chi connectivity index (χ4v) is 4.06. The zero-order valence-electron chi connectivity index (χ0n) is 13.8. The fraction of sp³-hybridized carbons (Fsp3) is 0.235. The van der Waals surface area contributed by atoms with Gasteiger partial charge in [-0.1, -0.05) is 0 Å². The van der Waals surface area contributed by atoms with Crippen molar-refractivity contribution in [2.75, 3.05) is 18.2 Å². The lowest BCUT2D eigenvalue weighted by Crippen LogP contribution is -2.15. The van der Waals surface area contributed by atoms with E-state index in [2.05, 4.69) is 20.6 Å². The SMILES string of the molecule is COc1ccc(-c2[nH]ncc2[C@@H]2SCC(=O)Nc3c2cnn3C)cc1. The van der Waals surface area contributed by atoms with Gasteiger partial charge in [-0.3, -0.25) is 14.6 Å². The number of nitrogens with zero attached hydrogens (tertiary/aromatic N) is 3. The average Bonchev–Trinajstić information content (AvgIpc) is 3.20. The Bertz CT molecular complexity index is 916. The zero-order valence-corrected chi connectivity index (χ0v) is 14.6. The Hall–Kier alpha value is -2.74. The molecule has 1 amide bonds. The van der Waals surface area contributed by atoms with Gasteiger partial charge in [0.05, 0.1) is 36.2 Å². The van der Waals surface area contributed by atoms with Gasteiger partial charge in [-0.15, -0.1) is 11.8 Å². The van der Waals surface area contributed by atoms with Gasteiger partial charge in [-0.05, 0) is 24.3 Å². The molecule has 0 unspecified atom stereocenters. The number of nitrogens with one attached hydrogen (secondary N) is 2. The second-order valence-electron chi connectivity index (χ2n) is 5.74. The molecule has 2 N–H and O–H groups in total. The van der Waals surface area contributed by atoms with Crippen LogP contribution in [0.1, 0.15) is 16.4 Å². The molecule has 1 aliphatic heterocycles. The van der Waals surface area contributed by atoms with E-state index in [1.54, 1.807) is 23.6 Å². The third-order valence-electron chi connectivity index (χ3n) is 4.22. The van der Waals surface area contributed by atoms with Crippen LogP contribution in [0.2, 0.25) is 0 Å². The first-order valence-corrected chi connectivity index (χ1v) is 8.83. The molecular formula is C17H17N5O2S. The van der Waals surface area contributed by atoms with Crippen LogP contribution in [0.5, 0.6) is 5.75 Å². The topological polar surface area (TPSA) is 84.8 Å². The molecular weight excluding hydrogens is 338 g/mol. The van der Waals surface area contributed by atoms with Crippen molar-refractivity contribution in [2.45, 2.75) is 5.25 Å². The van der Waals surface area contributed by atoms with Crippen molar-refractivity contribution in [1.82, 2.24) is 20.0 Å². The summed E-state index contributed by atoms with van der Waals surface area (Å²) in [6.45, 7) is 0. The number of H-pyrrole nitrogens is 1. The Labute approximate surface area is 148 Å². The highest BCUT2D eigenvalue weighted by atomic mass is 32.2. The van der Waals surface area contributed by atoms with Gasteiger partial charge in [-0.2, -0.15) is 10.2 Å². The standard InChI is InChI=1S/C17H17N5O2S/c1-22-17-13(8-19-22)16(25-9-14(23)20-17)12-7-18-21-15(12)10-3-5-11(24-2)6-4-10/h3-8,16H,9H2,1-2H3,(H,18,21)(H,20,23)/t16-/m0/s1. The molecule has 0 bridgehead atoms. The Morgan fingerprint density at radius 3 is 2.80 bits per heavy atom. The highest BCUT2D eigenvalue weighted by Crippen LogP contribution is 2.44. The summed E-state index contributed by atoms with van der Waals surface area (Å²) in [4.78, 5) is 12.0. The van der Waals surface area contributed by atoms with Gasteiger partial charge in [-0.25, -0.2) is 0 Å². The maximum Gasteiger partial charge on any atom is 0.235 e. The van der Waals surface area contributed by atoms with Crippen LogP contribution in [0.3, 0.4) is 0 Å². The van der Waals surface area contributed by atoms with E-state index in [1.165, 1.54) is 0 Å². The number of aromatic amines is 1. The molecule has 4 rings (SSSR count). The van der Waals surface area contributed by atoms with Crippen LogP contribution < -0.4 is 10.1 Å². The molecule has 7 nitrogen and oxygen atoms in total.